The predicted octanol–water partition coefficient (Wildman–Crippen LogP) is 5.14. The van der Waals surface area contributed by atoms with Crippen LogP contribution in [0.4, 0.5) is 11.4 Å². The maximum Gasteiger partial charge on any atom is 0.121 e. The molecule has 1 unspecified atom stereocenters. The van der Waals surface area contributed by atoms with Crippen molar-refractivity contribution in [2.24, 2.45) is 0 Å². The van der Waals surface area contributed by atoms with Gasteiger partial charge in [-0.1, -0.05) is 18.2 Å². The van der Waals surface area contributed by atoms with Gasteiger partial charge in [0.05, 0.1) is 6.61 Å². The number of ether oxygens (including phenoxy) is 1. The number of nitrogens with zero attached hydrogens (tertiary/aromatic N) is 2. The summed E-state index contributed by atoms with van der Waals surface area (Å²) in [7, 11) is 0. The fraction of sp³-hybridized carbons (Fsp3) is 0.462. The molecule has 1 saturated heterocycles. The molecule has 0 saturated carbocycles. The molecule has 3 aliphatic rings. The molecule has 2 aromatic rings. The molecule has 4 nitrogen and oxygen atoms in total. The van der Waals surface area contributed by atoms with E-state index in [1.807, 2.05) is 11.8 Å². The lowest BCUT2D eigenvalue weighted by molar-refractivity contribution is 0.238. The number of benzene rings is 2. The van der Waals surface area contributed by atoms with Gasteiger partial charge in [-0.2, -0.15) is 0 Å². The van der Waals surface area contributed by atoms with Gasteiger partial charge in [-0.05, 0) is 68.1 Å². The number of rotatable bonds is 7. The van der Waals surface area contributed by atoms with Crippen LogP contribution < -0.4 is 15.0 Å². The Kier molecular flexibility index (Phi) is 6.42. The van der Waals surface area contributed by atoms with Gasteiger partial charge < -0.3 is 15.0 Å². The van der Waals surface area contributed by atoms with Gasteiger partial charge in [0.25, 0.3) is 0 Å². The summed E-state index contributed by atoms with van der Waals surface area (Å²) < 4.78 is 6.02. The summed E-state index contributed by atoms with van der Waals surface area (Å²) in [5.41, 5.74) is 5.48. The van der Waals surface area contributed by atoms with E-state index in [0.29, 0.717) is 6.04 Å². The lowest BCUT2D eigenvalue weighted by Crippen LogP contribution is -2.47. The zero-order valence-electron chi connectivity index (χ0n) is 18.5. The molecule has 3 heterocycles. The van der Waals surface area contributed by atoms with Gasteiger partial charge >= 0.3 is 0 Å². The van der Waals surface area contributed by atoms with Crippen molar-refractivity contribution < 1.29 is 4.74 Å². The van der Waals surface area contributed by atoms with Gasteiger partial charge in [-0.3, -0.25) is 4.90 Å². The van der Waals surface area contributed by atoms with Crippen molar-refractivity contribution in [3.8, 4) is 5.75 Å². The molecule has 3 aliphatic heterocycles. The van der Waals surface area contributed by atoms with E-state index in [0.717, 1.165) is 31.9 Å². The molecule has 1 N–H and O–H groups in total. The highest BCUT2D eigenvalue weighted by atomic mass is 32.2. The average Bonchev–Trinajstić information content (AvgIpc) is 3.28. The Hall–Kier alpha value is -2.11. The third-order valence-electron chi connectivity index (χ3n) is 6.54. The van der Waals surface area contributed by atoms with Crippen molar-refractivity contribution in [1.82, 2.24) is 4.90 Å². The molecule has 1 atom stereocenters. The van der Waals surface area contributed by atoms with Crippen LogP contribution in [-0.4, -0.2) is 56.0 Å². The molecule has 0 amide bonds. The number of hydrogen-bond acceptors (Lipinski definition) is 5. The Labute approximate surface area is 190 Å². The van der Waals surface area contributed by atoms with Gasteiger partial charge in [0.1, 0.15) is 5.75 Å². The molecule has 0 aromatic heterocycles. The Morgan fingerprint density at radius 1 is 1.10 bits per heavy atom. The molecular weight excluding hydrogens is 402 g/mol. The zero-order valence-corrected chi connectivity index (χ0v) is 19.3. The van der Waals surface area contributed by atoms with Crippen molar-refractivity contribution in [3.63, 3.8) is 0 Å². The van der Waals surface area contributed by atoms with Crippen LogP contribution in [-0.2, 0) is 6.42 Å². The highest BCUT2D eigenvalue weighted by Crippen LogP contribution is 2.37. The van der Waals surface area contributed by atoms with E-state index < -0.39 is 0 Å². The summed E-state index contributed by atoms with van der Waals surface area (Å²) >= 11 is 2.01. The number of anilines is 2. The topological polar surface area (TPSA) is 27.7 Å². The molecule has 0 bridgehead atoms. The van der Waals surface area contributed by atoms with Crippen LogP contribution in [0.25, 0.3) is 6.08 Å². The maximum absolute atomic E-state index is 6.02. The van der Waals surface area contributed by atoms with Crippen molar-refractivity contribution in [2.75, 3.05) is 55.3 Å². The lowest BCUT2D eigenvalue weighted by Gasteiger charge is -2.37. The van der Waals surface area contributed by atoms with E-state index in [1.54, 1.807) is 5.56 Å². The molecule has 1 fully saturated rings. The second-order valence-electron chi connectivity index (χ2n) is 8.78. The van der Waals surface area contributed by atoms with E-state index in [9.17, 15) is 0 Å². The van der Waals surface area contributed by atoms with E-state index in [2.05, 4.69) is 70.6 Å². The predicted molar refractivity (Wildman–Crippen MR) is 133 cm³/mol. The number of nitrogens with one attached hydrogen (secondary N) is 1. The lowest BCUT2D eigenvalue weighted by atomic mass is 10.1. The largest absolute Gasteiger partial charge is 0.494 e. The number of hydrogen-bond donors (Lipinski definition) is 1. The van der Waals surface area contributed by atoms with Gasteiger partial charge in [-0.15, -0.1) is 11.8 Å². The normalized spacial score (nSPS) is 20.3. The molecule has 0 spiro atoms. The number of unbranched alkanes of at least 4 members (excludes halogenated alkanes) is 1. The van der Waals surface area contributed by atoms with Crippen LogP contribution in [0.2, 0.25) is 0 Å². The molecule has 0 aliphatic carbocycles. The second-order valence-corrected chi connectivity index (χ2v) is 9.91. The first kappa shape index (κ1) is 20.8. The Balaban J connectivity index is 1.02. The van der Waals surface area contributed by atoms with E-state index in [-0.39, 0.29) is 0 Å². The van der Waals surface area contributed by atoms with Crippen molar-refractivity contribution >= 4 is 29.2 Å². The molecular formula is C26H33N3OS. The number of thioether (sulfide) groups is 1. The quantitative estimate of drug-likeness (QED) is 0.608. The summed E-state index contributed by atoms with van der Waals surface area (Å²) in [5.74, 6) is 2.21. The second kappa shape index (κ2) is 9.58. The van der Waals surface area contributed by atoms with Gasteiger partial charge in [0, 0.05) is 60.3 Å². The Morgan fingerprint density at radius 3 is 2.90 bits per heavy atom. The summed E-state index contributed by atoms with van der Waals surface area (Å²) in [6.07, 6.45) is 7.90. The van der Waals surface area contributed by atoms with Crippen LogP contribution >= 0.6 is 11.8 Å². The number of fused-ring (bicyclic) bond motifs is 2. The molecule has 0 radical (unpaired) electrons. The first-order chi connectivity index (χ1) is 15.3. The van der Waals surface area contributed by atoms with Crippen molar-refractivity contribution in [1.29, 1.82) is 0 Å². The summed E-state index contributed by atoms with van der Waals surface area (Å²) in [6, 6.07) is 13.6. The molecule has 164 valence electrons. The SMILES string of the molecule is CC1C=Cc2ccc(OCCCCN3CCN(c4cccc5c4CCS5)CC3)cc2N1. The fourth-order valence-electron chi connectivity index (χ4n) is 4.78. The van der Waals surface area contributed by atoms with E-state index >= 15 is 0 Å². The third kappa shape index (κ3) is 4.88. The minimum Gasteiger partial charge on any atom is -0.494 e. The Bertz CT molecular complexity index is 936. The van der Waals surface area contributed by atoms with Gasteiger partial charge in [-0.25, -0.2) is 0 Å². The van der Waals surface area contributed by atoms with Crippen LogP contribution in [0.3, 0.4) is 0 Å². The zero-order chi connectivity index (χ0) is 21.0. The summed E-state index contributed by atoms with van der Waals surface area (Å²) in [6.45, 7) is 8.75. The molecule has 31 heavy (non-hydrogen) atoms. The van der Waals surface area contributed by atoms with Crippen molar-refractivity contribution in [3.05, 3.63) is 53.6 Å². The molecule has 2 aromatic carbocycles. The minimum absolute atomic E-state index is 0.380. The fourth-order valence-corrected chi connectivity index (χ4v) is 5.86. The van der Waals surface area contributed by atoms with Crippen LogP contribution in [0.1, 0.15) is 30.9 Å². The van der Waals surface area contributed by atoms with Crippen LogP contribution in [0, 0.1) is 0 Å². The smallest absolute Gasteiger partial charge is 0.121 e. The first-order valence-electron chi connectivity index (χ1n) is 11.7. The van der Waals surface area contributed by atoms with Gasteiger partial charge in [0.2, 0.25) is 0 Å². The molecule has 5 rings (SSSR count). The standard InChI is InChI=1S/C26H33N3OS/c1-20-7-8-21-9-10-22(19-24(21)27-20)30-17-3-2-12-28-13-15-29(16-14-28)25-5-4-6-26-23(25)11-18-31-26/h4-10,19-20,27H,2-3,11-18H2,1H3. The van der Waals surface area contributed by atoms with Crippen LogP contribution in [0.15, 0.2) is 47.4 Å². The minimum atomic E-state index is 0.380. The molecule has 5 heteroatoms. The van der Waals surface area contributed by atoms with Crippen LogP contribution in [0.5, 0.6) is 5.75 Å². The summed E-state index contributed by atoms with van der Waals surface area (Å²) in [4.78, 5) is 6.72. The maximum atomic E-state index is 6.02. The average molecular weight is 436 g/mol. The van der Waals surface area contributed by atoms with E-state index in [4.69, 9.17) is 4.74 Å². The number of piperazine rings is 1. The van der Waals surface area contributed by atoms with Crippen molar-refractivity contribution in [2.45, 2.75) is 37.1 Å². The van der Waals surface area contributed by atoms with E-state index in [1.165, 1.54) is 60.1 Å². The first-order valence-corrected chi connectivity index (χ1v) is 12.7. The Morgan fingerprint density at radius 2 is 2.00 bits per heavy atom. The highest BCUT2D eigenvalue weighted by molar-refractivity contribution is 7.99. The third-order valence-corrected chi connectivity index (χ3v) is 7.64. The van der Waals surface area contributed by atoms with Gasteiger partial charge in [0.15, 0.2) is 0 Å². The summed E-state index contributed by atoms with van der Waals surface area (Å²) in [5, 5.41) is 3.50. The highest BCUT2D eigenvalue weighted by Gasteiger charge is 2.22. The monoisotopic (exact) mass is 435 g/mol.